The van der Waals surface area contributed by atoms with Gasteiger partial charge in [0.1, 0.15) is 0 Å². The standard InChI is InChI=1S/C54H37N/c1-3-14-39(15-4-1)48-35-30-43(36-52(48)41-16-5-2-6-17-41)38-26-31-45(32-27-38)55(54-25-13-20-40-18-7-10-22-49(40)54)46-33-28-42(29-34-46)53-37-44-19-8-9-21-47(44)50-23-11-12-24-51(50)53/h1-37H. The van der Waals surface area contributed by atoms with Crippen LogP contribution >= 0.6 is 0 Å². The van der Waals surface area contributed by atoms with Crippen LogP contribution in [0.3, 0.4) is 0 Å². The van der Waals surface area contributed by atoms with Crippen LogP contribution in [-0.2, 0) is 0 Å². The van der Waals surface area contributed by atoms with Gasteiger partial charge in [0, 0.05) is 16.8 Å². The summed E-state index contributed by atoms with van der Waals surface area (Å²) in [5, 5.41) is 7.51. The van der Waals surface area contributed by atoms with Crippen molar-refractivity contribution in [3.8, 4) is 44.5 Å². The fraction of sp³-hybridized carbons (Fsp3) is 0. The third-order valence-electron chi connectivity index (χ3n) is 10.9. The zero-order valence-corrected chi connectivity index (χ0v) is 30.3. The molecule has 10 rings (SSSR count). The number of benzene rings is 10. The van der Waals surface area contributed by atoms with Gasteiger partial charge in [0.05, 0.1) is 5.69 Å². The minimum Gasteiger partial charge on any atom is -0.310 e. The first kappa shape index (κ1) is 32.4. The minimum absolute atomic E-state index is 1.10. The number of anilines is 3. The monoisotopic (exact) mass is 699 g/mol. The van der Waals surface area contributed by atoms with Gasteiger partial charge in [-0.15, -0.1) is 0 Å². The summed E-state index contributed by atoms with van der Waals surface area (Å²) in [5.74, 6) is 0. The molecule has 0 saturated carbocycles. The Labute approximate surface area is 322 Å². The topological polar surface area (TPSA) is 3.24 Å². The molecule has 0 N–H and O–H groups in total. The van der Waals surface area contributed by atoms with Crippen LogP contribution < -0.4 is 4.90 Å². The molecule has 0 unspecified atom stereocenters. The molecular weight excluding hydrogens is 663 g/mol. The van der Waals surface area contributed by atoms with E-state index in [9.17, 15) is 0 Å². The van der Waals surface area contributed by atoms with Crippen molar-refractivity contribution in [1.82, 2.24) is 0 Å². The Hall–Kier alpha value is -7.22. The van der Waals surface area contributed by atoms with Crippen molar-refractivity contribution in [2.75, 3.05) is 4.90 Å². The van der Waals surface area contributed by atoms with E-state index in [0.717, 1.165) is 17.1 Å². The van der Waals surface area contributed by atoms with E-state index in [-0.39, 0.29) is 0 Å². The Balaban J connectivity index is 1.07. The van der Waals surface area contributed by atoms with Crippen molar-refractivity contribution >= 4 is 49.4 Å². The van der Waals surface area contributed by atoms with E-state index in [1.807, 2.05) is 0 Å². The van der Waals surface area contributed by atoms with Crippen LogP contribution in [-0.4, -0.2) is 0 Å². The van der Waals surface area contributed by atoms with E-state index in [1.54, 1.807) is 0 Å². The Morgan fingerprint density at radius 1 is 0.236 bits per heavy atom. The van der Waals surface area contributed by atoms with E-state index in [0.29, 0.717) is 0 Å². The molecule has 258 valence electrons. The summed E-state index contributed by atoms with van der Waals surface area (Å²) in [4.78, 5) is 2.39. The molecule has 0 aliphatic rings. The number of rotatable bonds is 7. The van der Waals surface area contributed by atoms with Crippen molar-refractivity contribution in [3.05, 3.63) is 224 Å². The summed E-state index contributed by atoms with van der Waals surface area (Å²) >= 11 is 0. The third kappa shape index (κ3) is 6.02. The average molecular weight is 700 g/mol. The molecule has 0 fully saturated rings. The van der Waals surface area contributed by atoms with Crippen LogP contribution in [0.1, 0.15) is 0 Å². The summed E-state index contributed by atoms with van der Waals surface area (Å²) in [6.45, 7) is 0. The largest absolute Gasteiger partial charge is 0.310 e. The summed E-state index contributed by atoms with van der Waals surface area (Å²) < 4.78 is 0. The molecule has 55 heavy (non-hydrogen) atoms. The van der Waals surface area contributed by atoms with Gasteiger partial charge in [-0.25, -0.2) is 0 Å². The maximum Gasteiger partial charge on any atom is 0.0540 e. The molecule has 0 aromatic heterocycles. The van der Waals surface area contributed by atoms with E-state index in [4.69, 9.17) is 0 Å². The Kier molecular flexibility index (Phi) is 8.24. The van der Waals surface area contributed by atoms with Gasteiger partial charge in [0.15, 0.2) is 0 Å². The highest BCUT2D eigenvalue weighted by Gasteiger charge is 2.17. The van der Waals surface area contributed by atoms with E-state index < -0.39 is 0 Å². The Morgan fingerprint density at radius 2 is 0.727 bits per heavy atom. The highest BCUT2D eigenvalue weighted by molar-refractivity contribution is 6.13. The summed E-state index contributed by atoms with van der Waals surface area (Å²) in [6, 6.07) is 81.4. The predicted molar refractivity (Wildman–Crippen MR) is 235 cm³/mol. The van der Waals surface area contributed by atoms with Gasteiger partial charge < -0.3 is 4.90 Å². The summed E-state index contributed by atoms with van der Waals surface area (Å²) in [7, 11) is 0. The smallest absolute Gasteiger partial charge is 0.0540 e. The van der Waals surface area contributed by atoms with Gasteiger partial charge in [0.2, 0.25) is 0 Å². The van der Waals surface area contributed by atoms with E-state index in [2.05, 4.69) is 229 Å². The van der Waals surface area contributed by atoms with Crippen LogP contribution in [0.25, 0.3) is 76.8 Å². The van der Waals surface area contributed by atoms with Crippen LogP contribution in [0.5, 0.6) is 0 Å². The van der Waals surface area contributed by atoms with Crippen molar-refractivity contribution in [3.63, 3.8) is 0 Å². The Bertz CT molecular complexity index is 2940. The van der Waals surface area contributed by atoms with Crippen LogP contribution in [0.2, 0.25) is 0 Å². The lowest BCUT2D eigenvalue weighted by Gasteiger charge is -2.27. The van der Waals surface area contributed by atoms with E-state index >= 15 is 0 Å². The minimum atomic E-state index is 1.10. The molecule has 0 spiro atoms. The lowest BCUT2D eigenvalue weighted by atomic mass is 9.91. The highest BCUT2D eigenvalue weighted by Crippen LogP contribution is 2.42. The van der Waals surface area contributed by atoms with Gasteiger partial charge in [0.25, 0.3) is 0 Å². The third-order valence-corrected chi connectivity index (χ3v) is 10.9. The number of nitrogens with zero attached hydrogens (tertiary/aromatic N) is 1. The van der Waals surface area contributed by atoms with Gasteiger partial charge in [-0.05, 0) is 114 Å². The average Bonchev–Trinajstić information content (AvgIpc) is 3.27. The summed E-state index contributed by atoms with van der Waals surface area (Å²) in [6.07, 6.45) is 0. The first-order chi connectivity index (χ1) is 27.3. The van der Waals surface area contributed by atoms with Gasteiger partial charge in [-0.3, -0.25) is 0 Å². The first-order valence-corrected chi connectivity index (χ1v) is 18.9. The van der Waals surface area contributed by atoms with Gasteiger partial charge in [-0.2, -0.15) is 0 Å². The van der Waals surface area contributed by atoms with Gasteiger partial charge in [-0.1, -0.05) is 182 Å². The molecule has 0 saturated heterocycles. The molecule has 10 aromatic rings. The molecule has 1 nitrogen and oxygen atoms in total. The molecular formula is C54H37N. The molecule has 0 atom stereocenters. The molecule has 0 radical (unpaired) electrons. The zero-order chi connectivity index (χ0) is 36.6. The molecule has 0 amide bonds. The molecule has 0 aliphatic heterocycles. The second kappa shape index (κ2) is 14.0. The van der Waals surface area contributed by atoms with Crippen molar-refractivity contribution in [2.45, 2.75) is 0 Å². The normalized spacial score (nSPS) is 11.3. The molecule has 0 heterocycles. The van der Waals surface area contributed by atoms with Crippen molar-refractivity contribution < 1.29 is 0 Å². The molecule has 0 bridgehead atoms. The van der Waals surface area contributed by atoms with Gasteiger partial charge >= 0.3 is 0 Å². The maximum absolute atomic E-state index is 2.39. The van der Waals surface area contributed by atoms with Crippen LogP contribution in [0, 0.1) is 0 Å². The summed E-state index contributed by atoms with van der Waals surface area (Å²) in [5.41, 5.74) is 13.1. The van der Waals surface area contributed by atoms with E-state index in [1.165, 1.54) is 76.8 Å². The van der Waals surface area contributed by atoms with Crippen molar-refractivity contribution in [2.24, 2.45) is 0 Å². The lowest BCUT2D eigenvalue weighted by Crippen LogP contribution is -2.10. The van der Waals surface area contributed by atoms with Crippen LogP contribution in [0.4, 0.5) is 17.1 Å². The zero-order valence-electron chi connectivity index (χ0n) is 30.3. The molecule has 10 aromatic carbocycles. The molecule has 1 heteroatoms. The number of fused-ring (bicyclic) bond motifs is 4. The maximum atomic E-state index is 2.39. The fourth-order valence-corrected chi connectivity index (χ4v) is 8.17. The molecule has 0 aliphatic carbocycles. The number of hydrogen-bond donors (Lipinski definition) is 0. The SMILES string of the molecule is c1ccc(-c2ccc(-c3ccc(N(c4ccc(-c5cc6ccccc6c6ccccc56)cc4)c4cccc5ccccc45)cc3)cc2-c2ccccc2)cc1. The highest BCUT2D eigenvalue weighted by atomic mass is 15.1. The van der Waals surface area contributed by atoms with Crippen molar-refractivity contribution in [1.29, 1.82) is 0 Å². The lowest BCUT2D eigenvalue weighted by molar-refractivity contribution is 1.30. The van der Waals surface area contributed by atoms with Crippen LogP contribution in [0.15, 0.2) is 224 Å². The predicted octanol–water partition coefficient (Wildman–Crippen LogP) is 15.3. The second-order valence-electron chi connectivity index (χ2n) is 14.1. The number of hydrogen-bond acceptors (Lipinski definition) is 1. The quantitative estimate of drug-likeness (QED) is 0.150. The fourth-order valence-electron chi connectivity index (χ4n) is 8.17. The Morgan fingerprint density at radius 3 is 1.42 bits per heavy atom. The second-order valence-corrected chi connectivity index (χ2v) is 14.1. The first-order valence-electron chi connectivity index (χ1n) is 18.9.